The standard InChI is InChI=1S/C15H24N2O3/c1-4-19-12-7-5-8-13(11-12)20-10-6-9-15(2,3)14(16)17-18/h5,7-8,11,18H,4,6,9-10H2,1-3H3,(H2,16,17). The molecule has 0 saturated carbocycles. The lowest BCUT2D eigenvalue weighted by Gasteiger charge is -2.22. The molecule has 112 valence electrons. The summed E-state index contributed by atoms with van der Waals surface area (Å²) in [6.07, 6.45) is 1.61. The van der Waals surface area contributed by atoms with Crippen molar-refractivity contribution >= 4 is 5.84 Å². The summed E-state index contributed by atoms with van der Waals surface area (Å²) in [5, 5.41) is 11.8. The van der Waals surface area contributed by atoms with Gasteiger partial charge in [-0.15, -0.1) is 0 Å². The third-order valence-electron chi connectivity index (χ3n) is 3.13. The van der Waals surface area contributed by atoms with E-state index in [-0.39, 0.29) is 11.3 Å². The fourth-order valence-corrected chi connectivity index (χ4v) is 1.79. The van der Waals surface area contributed by atoms with E-state index in [2.05, 4.69) is 5.16 Å². The molecule has 0 unspecified atom stereocenters. The quantitative estimate of drug-likeness (QED) is 0.252. The Morgan fingerprint density at radius 2 is 1.95 bits per heavy atom. The van der Waals surface area contributed by atoms with E-state index >= 15 is 0 Å². The van der Waals surface area contributed by atoms with Crippen LogP contribution in [0.1, 0.15) is 33.6 Å². The van der Waals surface area contributed by atoms with Gasteiger partial charge in [0.15, 0.2) is 0 Å². The summed E-state index contributed by atoms with van der Waals surface area (Å²) in [5.41, 5.74) is 5.31. The number of hydrogen-bond donors (Lipinski definition) is 2. The predicted molar refractivity (Wildman–Crippen MR) is 79.5 cm³/mol. The average Bonchev–Trinajstić information content (AvgIpc) is 2.43. The second kappa shape index (κ2) is 7.62. The van der Waals surface area contributed by atoms with E-state index in [0.717, 1.165) is 24.3 Å². The first kappa shape index (κ1) is 16.1. The summed E-state index contributed by atoms with van der Waals surface area (Å²) in [4.78, 5) is 0. The van der Waals surface area contributed by atoms with Crippen molar-refractivity contribution in [3.05, 3.63) is 24.3 Å². The molecule has 0 fully saturated rings. The van der Waals surface area contributed by atoms with E-state index in [0.29, 0.717) is 13.2 Å². The molecule has 0 radical (unpaired) electrons. The van der Waals surface area contributed by atoms with Gasteiger partial charge in [0.1, 0.15) is 17.3 Å². The highest BCUT2D eigenvalue weighted by Crippen LogP contribution is 2.23. The Bertz CT molecular complexity index is 444. The zero-order chi connectivity index (χ0) is 15.0. The van der Waals surface area contributed by atoms with Crippen molar-refractivity contribution in [1.82, 2.24) is 0 Å². The van der Waals surface area contributed by atoms with Crippen molar-refractivity contribution in [1.29, 1.82) is 0 Å². The number of benzene rings is 1. The molecular weight excluding hydrogens is 256 g/mol. The number of ether oxygens (including phenoxy) is 2. The zero-order valence-corrected chi connectivity index (χ0v) is 12.4. The van der Waals surface area contributed by atoms with E-state index in [4.69, 9.17) is 20.4 Å². The molecule has 0 aliphatic carbocycles. The van der Waals surface area contributed by atoms with Gasteiger partial charge in [0, 0.05) is 11.5 Å². The first-order valence-corrected chi connectivity index (χ1v) is 6.83. The predicted octanol–water partition coefficient (Wildman–Crippen LogP) is 3.02. The minimum Gasteiger partial charge on any atom is -0.494 e. The molecule has 5 heteroatoms. The fraction of sp³-hybridized carbons (Fsp3) is 0.533. The molecule has 0 bridgehead atoms. The smallest absolute Gasteiger partial charge is 0.144 e. The van der Waals surface area contributed by atoms with E-state index in [1.54, 1.807) is 0 Å². The van der Waals surface area contributed by atoms with Crippen molar-refractivity contribution in [2.75, 3.05) is 13.2 Å². The average molecular weight is 280 g/mol. The molecule has 0 spiro atoms. The second-order valence-corrected chi connectivity index (χ2v) is 5.23. The number of amidine groups is 1. The van der Waals surface area contributed by atoms with Crippen LogP contribution in [0.25, 0.3) is 0 Å². The van der Waals surface area contributed by atoms with E-state index in [1.165, 1.54) is 0 Å². The van der Waals surface area contributed by atoms with Crippen LogP contribution in [0.2, 0.25) is 0 Å². The number of oxime groups is 1. The fourth-order valence-electron chi connectivity index (χ4n) is 1.79. The Morgan fingerprint density at radius 1 is 1.30 bits per heavy atom. The molecule has 3 N–H and O–H groups in total. The van der Waals surface area contributed by atoms with Crippen molar-refractivity contribution in [2.45, 2.75) is 33.6 Å². The maximum absolute atomic E-state index is 8.70. The molecule has 0 saturated heterocycles. The van der Waals surface area contributed by atoms with Gasteiger partial charge >= 0.3 is 0 Å². The Kier molecular flexibility index (Phi) is 6.15. The first-order valence-electron chi connectivity index (χ1n) is 6.83. The minimum atomic E-state index is -0.328. The van der Waals surface area contributed by atoms with Crippen molar-refractivity contribution in [3.8, 4) is 11.5 Å². The molecule has 5 nitrogen and oxygen atoms in total. The lowest BCUT2D eigenvalue weighted by atomic mass is 9.87. The van der Waals surface area contributed by atoms with E-state index in [1.807, 2.05) is 45.0 Å². The van der Waals surface area contributed by atoms with Crippen LogP contribution in [-0.4, -0.2) is 24.3 Å². The molecular formula is C15H24N2O3. The monoisotopic (exact) mass is 280 g/mol. The second-order valence-electron chi connectivity index (χ2n) is 5.23. The highest BCUT2D eigenvalue weighted by molar-refractivity contribution is 5.85. The minimum absolute atomic E-state index is 0.246. The topological polar surface area (TPSA) is 77.1 Å². The van der Waals surface area contributed by atoms with Crippen LogP contribution in [0.5, 0.6) is 11.5 Å². The highest BCUT2D eigenvalue weighted by atomic mass is 16.5. The normalized spacial score (nSPS) is 12.2. The number of nitrogens with zero attached hydrogens (tertiary/aromatic N) is 1. The molecule has 1 rings (SSSR count). The molecule has 0 amide bonds. The Labute approximate surface area is 120 Å². The van der Waals surface area contributed by atoms with Crippen LogP contribution in [-0.2, 0) is 0 Å². The summed E-state index contributed by atoms with van der Waals surface area (Å²) in [6, 6.07) is 7.58. The Hall–Kier alpha value is -1.91. The molecule has 0 aliphatic heterocycles. The van der Waals surface area contributed by atoms with Gasteiger partial charge in [0.2, 0.25) is 0 Å². The van der Waals surface area contributed by atoms with Gasteiger partial charge in [-0.25, -0.2) is 0 Å². The van der Waals surface area contributed by atoms with Gasteiger partial charge in [0.05, 0.1) is 13.2 Å². The zero-order valence-electron chi connectivity index (χ0n) is 12.4. The van der Waals surface area contributed by atoms with Gasteiger partial charge in [-0.3, -0.25) is 0 Å². The summed E-state index contributed by atoms with van der Waals surface area (Å²) < 4.78 is 11.1. The molecule has 0 aromatic heterocycles. The number of hydrogen-bond acceptors (Lipinski definition) is 4. The van der Waals surface area contributed by atoms with Crippen LogP contribution in [0.3, 0.4) is 0 Å². The molecule has 1 aromatic rings. The molecule has 0 aliphatic rings. The number of nitrogens with two attached hydrogens (primary N) is 1. The van der Waals surface area contributed by atoms with Gasteiger partial charge < -0.3 is 20.4 Å². The van der Waals surface area contributed by atoms with Crippen LogP contribution in [0.15, 0.2) is 29.4 Å². The largest absolute Gasteiger partial charge is 0.494 e. The van der Waals surface area contributed by atoms with Gasteiger partial charge in [-0.1, -0.05) is 25.1 Å². The molecule has 20 heavy (non-hydrogen) atoms. The van der Waals surface area contributed by atoms with Gasteiger partial charge in [-0.05, 0) is 31.9 Å². The summed E-state index contributed by atoms with van der Waals surface area (Å²) in [5.74, 6) is 1.84. The SMILES string of the molecule is CCOc1cccc(OCCCC(C)(C)C(N)=NO)c1. The van der Waals surface area contributed by atoms with Crippen LogP contribution in [0, 0.1) is 5.41 Å². The van der Waals surface area contributed by atoms with Crippen molar-refractivity contribution in [3.63, 3.8) is 0 Å². The molecule has 1 aromatic carbocycles. The van der Waals surface area contributed by atoms with Crippen LogP contribution in [0.4, 0.5) is 0 Å². The van der Waals surface area contributed by atoms with Crippen LogP contribution >= 0.6 is 0 Å². The molecule has 0 atom stereocenters. The summed E-state index contributed by atoms with van der Waals surface area (Å²) >= 11 is 0. The highest BCUT2D eigenvalue weighted by Gasteiger charge is 2.22. The lowest BCUT2D eigenvalue weighted by molar-refractivity contribution is 0.275. The van der Waals surface area contributed by atoms with E-state index < -0.39 is 0 Å². The Morgan fingerprint density at radius 3 is 2.55 bits per heavy atom. The Balaban J connectivity index is 2.39. The van der Waals surface area contributed by atoms with Crippen molar-refractivity contribution < 1.29 is 14.7 Å². The maximum Gasteiger partial charge on any atom is 0.144 e. The number of rotatable bonds is 8. The third-order valence-corrected chi connectivity index (χ3v) is 3.13. The van der Waals surface area contributed by atoms with Crippen LogP contribution < -0.4 is 15.2 Å². The first-order chi connectivity index (χ1) is 9.49. The summed E-state index contributed by atoms with van der Waals surface area (Å²) in [7, 11) is 0. The van der Waals surface area contributed by atoms with E-state index in [9.17, 15) is 0 Å². The van der Waals surface area contributed by atoms with Crippen molar-refractivity contribution in [2.24, 2.45) is 16.3 Å². The van der Waals surface area contributed by atoms with Gasteiger partial charge in [-0.2, -0.15) is 0 Å². The van der Waals surface area contributed by atoms with Gasteiger partial charge in [0.25, 0.3) is 0 Å². The third kappa shape index (κ3) is 4.99. The summed E-state index contributed by atoms with van der Waals surface area (Å²) in [6.45, 7) is 7.05. The maximum atomic E-state index is 8.70. The lowest BCUT2D eigenvalue weighted by Crippen LogP contribution is -2.32. The molecule has 0 heterocycles.